The van der Waals surface area contributed by atoms with Crippen molar-refractivity contribution in [2.45, 2.75) is 44.1 Å². The zero-order chi connectivity index (χ0) is 18.8. The first-order chi connectivity index (χ1) is 11.5. The predicted octanol–water partition coefficient (Wildman–Crippen LogP) is 4.60. The molecule has 1 heterocycles. The summed E-state index contributed by atoms with van der Waals surface area (Å²) in [6.07, 6.45) is -2.23. The third-order valence-corrected chi connectivity index (χ3v) is 4.58. The van der Waals surface area contributed by atoms with Crippen LogP contribution in [0.2, 0.25) is 0 Å². The molecule has 0 aliphatic rings. The van der Waals surface area contributed by atoms with Gasteiger partial charge in [-0.1, -0.05) is 13.8 Å². The number of halogens is 4. The first-order valence-corrected chi connectivity index (χ1v) is 8.43. The molecule has 1 unspecified atom stereocenters. The Morgan fingerprint density at radius 2 is 1.88 bits per heavy atom. The van der Waals surface area contributed by atoms with Gasteiger partial charge in [0.25, 0.3) is 6.43 Å². The number of benzene rings is 1. The van der Waals surface area contributed by atoms with Crippen LogP contribution in [-0.4, -0.2) is 27.2 Å². The van der Waals surface area contributed by atoms with E-state index in [1.54, 1.807) is 26.0 Å². The number of phenolic OH excluding ortho intramolecular Hbond substituents is 1. The number of aromatic hydroxyl groups is 1. The summed E-state index contributed by atoms with van der Waals surface area (Å²) in [5, 5.41) is 20.6. The Kier molecular flexibility index (Phi) is 5.79. The molecule has 0 fully saturated rings. The molecule has 0 radical (unpaired) electrons. The lowest BCUT2D eigenvalue weighted by Gasteiger charge is -2.36. The van der Waals surface area contributed by atoms with Gasteiger partial charge < -0.3 is 10.2 Å². The van der Waals surface area contributed by atoms with Crippen molar-refractivity contribution in [3.63, 3.8) is 0 Å². The molecule has 0 aliphatic carbocycles. The van der Waals surface area contributed by atoms with Gasteiger partial charge in [-0.3, -0.25) is 0 Å². The molecule has 2 aromatic rings. The van der Waals surface area contributed by atoms with E-state index in [0.29, 0.717) is 10.2 Å². The van der Waals surface area contributed by atoms with Crippen molar-refractivity contribution >= 4 is 15.9 Å². The minimum Gasteiger partial charge on any atom is -0.508 e. The number of phenols is 1. The van der Waals surface area contributed by atoms with Crippen molar-refractivity contribution in [1.29, 1.82) is 0 Å². The fourth-order valence-corrected chi connectivity index (χ4v) is 3.45. The number of aromatic nitrogens is 1. The summed E-state index contributed by atoms with van der Waals surface area (Å²) in [6, 6.07) is 6.46. The van der Waals surface area contributed by atoms with Crippen molar-refractivity contribution in [3.05, 3.63) is 58.1 Å². The Hall–Kier alpha value is -1.60. The Morgan fingerprint density at radius 3 is 2.48 bits per heavy atom. The van der Waals surface area contributed by atoms with Crippen molar-refractivity contribution in [1.82, 2.24) is 4.98 Å². The molecular formula is C18H19BrF3NO2. The smallest absolute Gasteiger partial charge is 0.267 e. The summed E-state index contributed by atoms with van der Waals surface area (Å²) < 4.78 is 41.4. The van der Waals surface area contributed by atoms with Gasteiger partial charge in [-0.05, 0) is 63.7 Å². The second-order valence-electron chi connectivity index (χ2n) is 6.79. The van der Waals surface area contributed by atoms with E-state index in [1.807, 2.05) is 0 Å². The summed E-state index contributed by atoms with van der Waals surface area (Å²) in [5.74, 6) is -0.783. The molecule has 0 saturated carbocycles. The minimum absolute atomic E-state index is 0.169. The van der Waals surface area contributed by atoms with Gasteiger partial charge in [-0.15, -0.1) is 0 Å². The maximum Gasteiger partial charge on any atom is 0.267 e. The van der Waals surface area contributed by atoms with Crippen LogP contribution in [0.4, 0.5) is 13.2 Å². The molecule has 2 rings (SSSR count). The normalized spacial score (nSPS) is 14.6. The van der Waals surface area contributed by atoms with Crippen LogP contribution in [-0.2, 0) is 11.8 Å². The number of rotatable bonds is 6. The Balaban J connectivity index is 2.35. The fourth-order valence-electron chi connectivity index (χ4n) is 3.03. The van der Waals surface area contributed by atoms with E-state index in [4.69, 9.17) is 0 Å². The van der Waals surface area contributed by atoms with E-state index in [-0.39, 0.29) is 24.2 Å². The van der Waals surface area contributed by atoms with E-state index < -0.39 is 23.3 Å². The van der Waals surface area contributed by atoms with Gasteiger partial charge >= 0.3 is 0 Å². The molecule has 0 spiro atoms. The predicted molar refractivity (Wildman–Crippen MR) is 92.3 cm³/mol. The van der Waals surface area contributed by atoms with Crippen molar-refractivity contribution in [2.24, 2.45) is 0 Å². The fraction of sp³-hybridized carbons (Fsp3) is 0.389. The van der Waals surface area contributed by atoms with Crippen LogP contribution in [0.15, 0.2) is 41.1 Å². The molecule has 1 atom stereocenters. The number of alkyl halides is 2. The monoisotopic (exact) mass is 417 g/mol. The molecule has 136 valence electrons. The summed E-state index contributed by atoms with van der Waals surface area (Å²) >= 11 is 3.17. The van der Waals surface area contributed by atoms with Crippen molar-refractivity contribution in [3.8, 4) is 5.75 Å². The van der Waals surface area contributed by atoms with Crippen LogP contribution in [0.25, 0.3) is 0 Å². The van der Waals surface area contributed by atoms with Crippen LogP contribution in [0.5, 0.6) is 5.75 Å². The first kappa shape index (κ1) is 19.7. The van der Waals surface area contributed by atoms with Gasteiger partial charge in [0, 0.05) is 18.2 Å². The van der Waals surface area contributed by atoms with Crippen LogP contribution in [0.3, 0.4) is 0 Å². The highest BCUT2D eigenvalue weighted by molar-refractivity contribution is 9.10. The average Bonchev–Trinajstić information content (AvgIpc) is 2.48. The highest BCUT2D eigenvalue weighted by atomic mass is 79.9. The largest absolute Gasteiger partial charge is 0.508 e. The van der Waals surface area contributed by atoms with Gasteiger partial charge in [0.1, 0.15) is 21.8 Å². The number of pyridine rings is 1. The topological polar surface area (TPSA) is 53.4 Å². The van der Waals surface area contributed by atoms with E-state index >= 15 is 0 Å². The SMILES string of the molecule is CC(C)(CC(O)(Cc1ccnc(Br)c1)C(F)F)c1cc(F)ccc1O. The number of aliphatic hydroxyl groups is 1. The van der Waals surface area contributed by atoms with Gasteiger partial charge in [0.15, 0.2) is 0 Å². The highest BCUT2D eigenvalue weighted by Gasteiger charge is 2.43. The van der Waals surface area contributed by atoms with Crippen LogP contribution in [0.1, 0.15) is 31.4 Å². The number of hydrogen-bond donors (Lipinski definition) is 2. The lowest BCUT2D eigenvalue weighted by Crippen LogP contribution is -2.45. The summed E-state index contributed by atoms with van der Waals surface area (Å²) in [4.78, 5) is 3.93. The number of nitrogens with zero attached hydrogens (tertiary/aromatic N) is 1. The summed E-state index contributed by atoms with van der Waals surface area (Å²) in [5.41, 5.74) is -2.77. The molecule has 0 bridgehead atoms. The quantitative estimate of drug-likeness (QED) is 0.675. The summed E-state index contributed by atoms with van der Waals surface area (Å²) in [6.45, 7) is 3.16. The first-order valence-electron chi connectivity index (χ1n) is 7.63. The molecule has 0 saturated heterocycles. The molecule has 25 heavy (non-hydrogen) atoms. The zero-order valence-corrected chi connectivity index (χ0v) is 15.4. The van der Waals surface area contributed by atoms with Crippen LogP contribution >= 0.6 is 15.9 Å². The third-order valence-electron chi connectivity index (χ3n) is 4.14. The molecule has 3 nitrogen and oxygen atoms in total. The van der Waals surface area contributed by atoms with Gasteiger partial charge in [-0.2, -0.15) is 0 Å². The lowest BCUT2D eigenvalue weighted by molar-refractivity contribution is -0.110. The minimum atomic E-state index is -3.02. The Morgan fingerprint density at radius 1 is 1.20 bits per heavy atom. The second kappa shape index (κ2) is 7.33. The van der Waals surface area contributed by atoms with E-state index in [1.165, 1.54) is 12.3 Å². The van der Waals surface area contributed by atoms with Gasteiger partial charge in [-0.25, -0.2) is 18.2 Å². The molecular weight excluding hydrogens is 399 g/mol. The van der Waals surface area contributed by atoms with Crippen LogP contribution < -0.4 is 0 Å². The van der Waals surface area contributed by atoms with Gasteiger partial charge in [0.2, 0.25) is 0 Å². The second-order valence-corrected chi connectivity index (χ2v) is 7.60. The maximum atomic E-state index is 13.7. The zero-order valence-electron chi connectivity index (χ0n) is 13.8. The molecule has 7 heteroatoms. The van der Waals surface area contributed by atoms with Crippen LogP contribution in [0, 0.1) is 5.82 Å². The summed E-state index contributed by atoms with van der Waals surface area (Å²) in [7, 11) is 0. The molecule has 1 aromatic heterocycles. The molecule has 0 amide bonds. The van der Waals surface area contributed by atoms with E-state index in [9.17, 15) is 23.4 Å². The average molecular weight is 418 g/mol. The van der Waals surface area contributed by atoms with Crippen molar-refractivity contribution < 1.29 is 23.4 Å². The van der Waals surface area contributed by atoms with Gasteiger partial charge in [0.05, 0.1) is 0 Å². The Bertz CT molecular complexity index is 755. The van der Waals surface area contributed by atoms with E-state index in [0.717, 1.165) is 12.1 Å². The Labute approximate surface area is 152 Å². The third kappa shape index (κ3) is 4.73. The molecule has 2 N–H and O–H groups in total. The van der Waals surface area contributed by atoms with E-state index in [2.05, 4.69) is 20.9 Å². The van der Waals surface area contributed by atoms with Crippen molar-refractivity contribution in [2.75, 3.05) is 0 Å². The number of hydrogen-bond acceptors (Lipinski definition) is 3. The lowest BCUT2D eigenvalue weighted by atomic mass is 9.73. The maximum absolute atomic E-state index is 13.7. The molecule has 0 aliphatic heterocycles. The molecule has 1 aromatic carbocycles. The standard InChI is InChI=1S/C18H19BrF3NO2/c1-17(2,13-8-12(20)3-4-14(13)24)10-18(25,16(21)22)9-11-5-6-23-15(19)7-11/h3-8,16,24-25H,9-10H2,1-2H3. The highest BCUT2D eigenvalue weighted by Crippen LogP contribution is 2.40.